The van der Waals surface area contributed by atoms with Gasteiger partial charge in [0.25, 0.3) is 0 Å². The van der Waals surface area contributed by atoms with Crippen molar-refractivity contribution in [1.29, 1.82) is 0 Å². The summed E-state index contributed by atoms with van der Waals surface area (Å²) in [5.41, 5.74) is 1.26. The molecule has 0 radical (unpaired) electrons. The highest BCUT2D eigenvalue weighted by molar-refractivity contribution is 5.47. The maximum Gasteiger partial charge on any atom is 0.0604 e. The van der Waals surface area contributed by atoms with Gasteiger partial charge in [0, 0.05) is 30.9 Å². The highest BCUT2D eigenvalue weighted by atomic mass is 16.3. The summed E-state index contributed by atoms with van der Waals surface area (Å²) < 4.78 is 0. The van der Waals surface area contributed by atoms with E-state index < -0.39 is 0 Å². The quantitative estimate of drug-likeness (QED) is 0.841. The van der Waals surface area contributed by atoms with Crippen LogP contribution >= 0.6 is 0 Å². The molecule has 2 rings (SSSR count). The monoisotopic (exact) mass is 234 g/mol. The van der Waals surface area contributed by atoms with Crippen molar-refractivity contribution >= 4 is 5.69 Å². The normalized spacial score (nSPS) is 26.9. The third kappa shape index (κ3) is 2.79. The molecule has 1 aliphatic heterocycles. The van der Waals surface area contributed by atoms with Crippen molar-refractivity contribution in [2.75, 3.05) is 31.6 Å². The van der Waals surface area contributed by atoms with Crippen molar-refractivity contribution in [1.82, 2.24) is 4.90 Å². The summed E-state index contributed by atoms with van der Waals surface area (Å²) >= 11 is 0. The van der Waals surface area contributed by atoms with Gasteiger partial charge >= 0.3 is 0 Å². The molecular weight excluding hydrogens is 212 g/mol. The average molecular weight is 234 g/mol. The minimum Gasteiger partial charge on any atom is -0.395 e. The molecule has 0 aliphatic carbocycles. The smallest absolute Gasteiger partial charge is 0.0604 e. The van der Waals surface area contributed by atoms with Crippen LogP contribution in [0.2, 0.25) is 0 Å². The van der Waals surface area contributed by atoms with Crippen molar-refractivity contribution in [2.45, 2.75) is 25.4 Å². The summed E-state index contributed by atoms with van der Waals surface area (Å²) in [7, 11) is 2.10. The molecule has 2 unspecified atom stereocenters. The number of likely N-dealkylation sites (N-methyl/N-ethyl adjacent to an activating group) is 1. The summed E-state index contributed by atoms with van der Waals surface area (Å²) in [6, 6.07) is 11.3. The van der Waals surface area contributed by atoms with Gasteiger partial charge in [0.15, 0.2) is 0 Å². The van der Waals surface area contributed by atoms with E-state index in [1.807, 2.05) is 6.07 Å². The van der Waals surface area contributed by atoms with Crippen LogP contribution in [0.25, 0.3) is 0 Å². The fourth-order valence-corrected chi connectivity index (χ4v) is 2.45. The first-order valence-corrected chi connectivity index (χ1v) is 6.35. The second-order valence-corrected chi connectivity index (χ2v) is 4.94. The van der Waals surface area contributed by atoms with Gasteiger partial charge in [-0.1, -0.05) is 18.2 Å². The van der Waals surface area contributed by atoms with E-state index in [-0.39, 0.29) is 12.6 Å². The number of benzene rings is 1. The van der Waals surface area contributed by atoms with E-state index in [2.05, 4.69) is 48.0 Å². The van der Waals surface area contributed by atoms with E-state index >= 15 is 0 Å². The Hall–Kier alpha value is -1.06. The second-order valence-electron chi connectivity index (χ2n) is 4.94. The van der Waals surface area contributed by atoms with Gasteiger partial charge in [0.1, 0.15) is 0 Å². The Labute approximate surface area is 104 Å². The average Bonchev–Trinajstić information content (AvgIpc) is 2.51. The second kappa shape index (κ2) is 5.52. The number of hydrogen-bond donors (Lipinski definition) is 1. The van der Waals surface area contributed by atoms with E-state index in [1.165, 1.54) is 5.69 Å². The number of aliphatic hydroxyl groups is 1. The molecule has 1 fully saturated rings. The molecule has 0 aromatic heterocycles. The van der Waals surface area contributed by atoms with Crippen molar-refractivity contribution in [2.24, 2.45) is 0 Å². The van der Waals surface area contributed by atoms with E-state index in [1.54, 1.807) is 0 Å². The van der Waals surface area contributed by atoms with Gasteiger partial charge in [-0.3, -0.25) is 4.90 Å². The first-order valence-electron chi connectivity index (χ1n) is 6.35. The number of para-hydroxylation sites is 1. The van der Waals surface area contributed by atoms with E-state index in [4.69, 9.17) is 0 Å². The maximum atomic E-state index is 9.47. The van der Waals surface area contributed by atoms with Crippen LogP contribution in [0.1, 0.15) is 13.3 Å². The number of rotatable bonds is 2. The molecule has 0 spiro atoms. The SMILES string of the molecule is CC1CCN(C)C(CO)CN1c1ccccc1. The first kappa shape index (κ1) is 12.4. The Morgan fingerprint density at radius 1 is 1.29 bits per heavy atom. The summed E-state index contributed by atoms with van der Waals surface area (Å²) in [4.78, 5) is 4.67. The lowest BCUT2D eigenvalue weighted by Crippen LogP contribution is -2.43. The van der Waals surface area contributed by atoms with Gasteiger partial charge in [-0.2, -0.15) is 0 Å². The summed E-state index contributed by atoms with van der Waals surface area (Å²) in [6.45, 7) is 4.45. The minimum absolute atomic E-state index is 0.229. The number of anilines is 1. The largest absolute Gasteiger partial charge is 0.395 e. The zero-order chi connectivity index (χ0) is 12.3. The zero-order valence-corrected chi connectivity index (χ0v) is 10.7. The molecule has 1 aromatic rings. The van der Waals surface area contributed by atoms with Crippen molar-refractivity contribution < 1.29 is 5.11 Å². The molecule has 1 aromatic carbocycles. The highest BCUT2D eigenvalue weighted by Crippen LogP contribution is 2.22. The maximum absolute atomic E-state index is 9.47. The number of nitrogens with zero attached hydrogens (tertiary/aromatic N) is 2. The molecule has 0 bridgehead atoms. The molecule has 1 heterocycles. The van der Waals surface area contributed by atoms with Gasteiger partial charge in [-0.05, 0) is 32.5 Å². The minimum atomic E-state index is 0.229. The first-order chi connectivity index (χ1) is 8.22. The lowest BCUT2D eigenvalue weighted by molar-refractivity contribution is 0.159. The van der Waals surface area contributed by atoms with Gasteiger partial charge in [-0.25, -0.2) is 0 Å². The van der Waals surface area contributed by atoms with Crippen LogP contribution in [0.15, 0.2) is 30.3 Å². The fraction of sp³-hybridized carbons (Fsp3) is 0.571. The predicted octanol–water partition coefficient (Wildman–Crippen LogP) is 1.58. The van der Waals surface area contributed by atoms with E-state index in [9.17, 15) is 5.11 Å². The third-order valence-electron chi connectivity index (χ3n) is 3.76. The van der Waals surface area contributed by atoms with E-state index in [0.29, 0.717) is 6.04 Å². The van der Waals surface area contributed by atoms with Crippen LogP contribution in [0.3, 0.4) is 0 Å². The molecule has 3 nitrogen and oxygen atoms in total. The van der Waals surface area contributed by atoms with Gasteiger partial charge in [0.2, 0.25) is 0 Å². The van der Waals surface area contributed by atoms with Crippen LogP contribution in [0.5, 0.6) is 0 Å². The molecule has 94 valence electrons. The Balaban J connectivity index is 2.19. The van der Waals surface area contributed by atoms with Gasteiger partial charge < -0.3 is 10.0 Å². The Bertz CT molecular complexity index is 341. The molecule has 2 atom stereocenters. The van der Waals surface area contributed by atoms with Crippen molar-refractivity contribution in [3.8, 4) is 0 Å². The molecule has 0 saturated carbocycles. The van der Waals surface area contributed by atoms with Crippen LogP contribution in [-0.4, -0.2) is 48.8 Å². The standard InChI is InChI=1S/C14H22N2O/c1-12-8-9-15(2)14(11-17)10-16(12)13-6-4-3-5-7-13/h3-7,12,14,17H,8-11H2,1-2H3. The van der Waals surface area contributed by atoms with Crippen LogP contribution < -0.4 is 4.90 Å². The lowest BCUT2D eigenvalue weighted by Gasteiger charge is -2.32. The number of aliphatic hydroxyl groups excluding tert-OH is 1. The molecule has 17 heavy (non-hydrogen) atoms. The molecule has 1 saturated heterocycles. The Kier molecular flexibility index (Phi) is 4.02. The van der Waals surface area contributed by atoms with Crippen LogP contribution in [0.4, 0.5) is 5.69 Å². The zero-order valence-electron chi connectivity index (χ0n) is 10.7. The summed E-state index contributed by atoms with van der Waals surface area (Å²) in [6.07, 6.45) is 1.14. The van der Waals surface area contributed by atoms with E-state index in [0.717, 1.165) is 19.5 Å². The highest BCUT2D eigenvalue weighted by Gasteiger charge is 2.25. The van der Waals surface area contributed by atoms with Crippen molar-refractivity contribution in [3.05, 3.63) is 30.3 Å². The van der Waals surface area contributed by atoms with Crippen molar-refractivity contribution in [3.63, 3.8) is 0 Å². The molecule has 3 heteroatoms. The van der Waals surface area contributed by atoms with Gasteiger partial charge in [0.05, 0.1) is 6.61 Å². The number of hydrogen-bond acceptors (Lipinski definition) is 3. The molecular formula is C14H22N2O. The topological polar surface area (TPSA) is 26.7 Å². The summed E-state index contributed by atoms with van der Waals surface area (Å²) in [5.74, 6) is 0. The Morgan fingerprint density at radius 2 is 2.00 bits per heavy atom. The third-order valence-corrected chi connectivity index (χ3v) is 3.76. The lowest BCUT2D eigenvalue weighted by atomic mass is 10.1. The summed E-state index contributed by atoms with van der Waals surface area (Å²) in [5, 5.41) is 9.47. The van der Waals surface area contributed by atoms with Crippen LogP contribution in [0, 0.1) is 0 Å². The van der Waals surface area contributed by atoms with Gasteiger partial charge in [-0.15, -0.1) is 0 Å². The van der Waals surface area contributed by atoms with Crippen LogP contribution in [-0.2, 0) is 0 Å². The molecule has 0 amide bonds. The Morgan fingerprint density at radius 3 is 2.65 bits per heavy atom. The predicted molar refractivity (Wildman–Crippen MR) is 71.4 cm³/mol. The molecule has 1 aliphatic rings. The molecule has 1 N–H and O–H groups in total. The fourth-order valence-electron chi connectivity index (χ4n) is 2.45.